The van der Waals surface area contributed by atoms with Crippen LogP contribution in [0.1, 0.15) is 22.8 Å². The number of methoxy groups -OCH3 is 1. The number of Topliss-reactive ketones (excluding diaryl/α,β-unsaturated/α-hetero) is 1. The van der Waals surface area contributed by atoms with E-state index < -0.39 is 0 Å². The average Bonchev–Trinajstić information content (AvgIpc) is 2.28. The highest BCUT2D eigenvalue weighted by Crippen LogP contribution is 2.30. The van der Waals surface area contributed by atoms with E-state index in [-0.39, 0.29) is 17.1 Å². The number of halogens is 1. The van der Waals surface area contributed by atoms with Gasteiger partial charge in [0.05, 0.1) is 12.2 Å². The maximum atomic E-state index is 11.3. The smallest absolute Gasteiger partial charge is 0.163 e. The number of hydrogen-bond donors (Lipinski definition) is 1. The Bertz CT molecular complexity index is 407. The third-order valence-electron chi connectivity index (χ3n) is 2.22. The summed E-state index contributed by atoms with van der Waals surface area (Å²) in [6.07, 6.45) is 0. The fourth-order valence-corrected chi connectivity index (χ4v) is 2.47. The van der Waals surface area contributed by atoms with Crippen molar-refractivity contribution in [3.05, 3.63) is 28.3 Å². The Labute approximate surface area is 110 Å². The Balaban J connectivity index is 2.81. The number of carbonyl (C=O) groups excluding carboxylic acids is 1. The van der Waals surface area contributed by atoms with Crippen molar-refractivity contribution in [3.8, 4) is 5.75 Å². The summed E-state index contributed by atoms with van der Waals surface area (Å²) in [5, 5.41) is 10.4. The Morgan fingerprint density at radius 1 is 1.53 bits per heavy atom. The molecule has 0 aliphatic rings. The molecule has 94 valence electrons. The standard InChI is InChI=1S/C12H15ClO3S/c1-8(14)11-6-10(13)5-9(12(11)15)7-17-4-3-16-2/h5-6,15H,3-4,7H2,1-2H3. The zero-order valence-electron chi connectivity index (χ0n) is 9.83. The van der Waals surface area contributed by atoms with E-state index in [1.165, 1.54) is 13.0 Å². The molecule has 0 aromatic heterocycles. The van der Waals surface area contributed by atoms with Crippen LogP contribution in [0, 0.1) is 0 Å². The minimum atomic E-state index is -0.187. The van der Waals surface area contributed by atoms with Crippen LogP contribution < -0.4 is 0 Å². The van der Waals surface area contributed by atoms with Gasteiger partial charge in [-0.2, -0.15) is 11.8 Å². The molecular weight excluding hydrogens is 260 g/mol. The van der Waals surface area contributed by atoms with Gasteiger partial charge in [-0.15, -0.1) is 0 Å². The van der Waals surface area contributed by atoms with Gasteiger partial charge < -0.3 is 9.84 Å². The lowest BCUT2D eigenvalue weighted by Crippen LogP contribution is -1.97. The van der Waals surface area contributed by atoms with E-state index in [0.29, 0.717) is 22.9 Å². The number of phenolic OH excluding ortho intramolecular Hbond substituents is 1. The molecule has 0 aliphatic heterocycles. The maximum absolute atomic E-state index is 11.3. The number of phenols is 1. The molecule has 17 heavy (non-hydrogen) atoms. The molecule has 0 unspecified atom stereocenters. The van der Waals surface area contributed by atoms with Crippen LogP contribution in [-0.4, -0.2) is 30.4 Å². The monoisotopic (exact) mass is 274 g/mol. The molecule has 0 bridgehead atoms. The van der Waals surface area contributed by atoms with Crippen molar-refractivity contribution in [2.24, 2.45) is 0 Å². The zero-order chi connectivity index (χ0) is 12.8. The number of aromatic hydroxyl groups is 1. The third-order valence-corrected chi connectivity index (χ3v) is 3.41. The molecule has 0 spiro atoms. The number of rotatable bonds is 6. The zero-order valence-corrected chi connectivity index (χ0v) is 11.4. The molecule has 0 aliphatic carbocycles. The van der Waals surface area contributed by atoms with Crippen molar-refractivity contribution in [1.29, 1.82) is 0 Å². The highest BCUT2D eigenvalue weighted by atomic mass is 35.5. The number of ketones is 1. The molecule has 1 aromatic rings. The molecule has 0 radical (unpaired) electrons. The SMILES string of the molecule is COCCSCc1cc(Cl)cc(C(C)=O)c1O. The van der Waals surface area contributed by atoms with E-state index >= 15 is 0 Å². The van der Waals surface area contributed by atoms with Crippen molar-refractivity contribution in [2.45, 2.75) is 12.7 Å². The van der Waals surface area contributed by atoms with Crippen molar-refractivity contribution in [1.82, 2.24) is 0 Å². The molecule has 0 saturated heterocycles. The van der Waals surface area contributed by atoms with Gasteiger partial charge >= 0.3 is 0 Å². The second-order valence-corrected chi connectivity index (χ2v) is 5.10. The molecule has 0 fully saturated rings. The van der Waals surface area contributed by atoms with E-state index in [2.05, 4.69) is 0 Å². The Hall–Kier alpha value is -0.710. The summed E-state index contributed by atoms with van der Waals surface area (Å²) >= 11 is 7.53. The summed E-state index contributed by atoms with van der Waals surface area (Å²) in [5.74, 6) is 1.29. The van der Waals surface area contributed by atoms with Crippen LogP contribution in [0.5, 0.6) is 5.75 Å². The van der Waals surface area contributed by atoms with Gasteiger partial charge in [0, 0.05) is 29.2 Å². The molecule has 0 heterocycles. The molecule has 1 N–H and O–H groups in total. The summed E-state index contributed by atoms with van der Waals surface area (Å²) in [4.78, 5) is 11.3. The number of thioether (sulfide) groups is 1. The van der Waals surface area contributed by atoms with E-state index in [4.69, 9.17) is 16.3 Å². The molecule has 3 nitrogen and oxygen atoms in total. The lowest BCUT2D eigenvalue weighted by atomic mass is 10.1. The third kappa shape index (κ3) is 4.22. The van der Waals surface area contributed by atoms with Gasteiger partial charge in [0.15, 0.2) is 5.78 Å². The van der Waals surface area contributed by atoms with Crippen molar-refractivity contribution in [3.63, 3.8) is 0 Å². The number of ether oxygens (including phenoxy) is 1. The minimum Gasteiger partial charge on any atom is -0.507 e. The van der Waals surface area contributed by atoms with Gasteiger partial charge in [0.25, 0.3) is 0 Å². The summed E-state index contributed by atoms with van der Waals surface area (Å²) < 4.78 is 4.93. The Morgan fingerprint density at radius 2 is 2.24 bits per heavy atom. The predicted molar refractivity (Wildman–Crippen MR) is 71.2 cm³/mol. The summed E-state index contributed by atoms with van der Waals surface area (Å²) in [5.41, 5.74) is 0.962. The minimum absolute atomic E-state index is 0.0341. The van der Waals surface area contributed by atoms with Gasteiger partial charge in [-0.1, -0.05) is 11.6 Å². The average molecular weight is 275 g/mol. The Kier molecular flexibility index (Phi) is 5.82. The summed E-state index contributed by atoms with van der Waals surface area (Å²) in [6.45, 7) is 2.07. The molecule has 0 saturated carbocycles. The second-order valence-electron chi connectivity index (χ2n) is 3.56. The lowest BCUT2D eigenvalue weighted by molar-refractivity contribution is 0.101. The molecule has 5 heteroatoms. The first-order valence-electron chi connectivity index (χ1n) is 5.15. The number of carbonyl (C=O) groups is 1. The normalized spacial score (nSPS) is 10.5. The van der Waals surface area contributed by atoms with Crippen LogP contribution in [-0.2, 0) is 10.5 Å². The highest BCUT2D eigenvalue weighted by molar-refractivity contribution is 7.98. The number of hydrogen-bond acceptors (Lipinski definition) is 4. The fourth-order valence-electron chi connectivity index (χ4n) is 1.36. The molecule has 0 amide bonds. The van der Waals surface area contributed by atoms with Crippen LogP contribution in [0.15, 0.2) is 12.1 Å². The molecule has 0 atom stereocenters. The molecule has 1 rings (SSSR count). The quantitative estimate of drug-likeness (QED) is 0.639. The van der Waals surface area contributed by atoms with Crippen LogP contribution in [0.4, 0.5) is 0 Å². The second kappa shape index (κ2) is 6.89. The lowest BCUT2D eigenvalue weighted by Gasteiger charge is -2.08. The highest BCUT2D eigenvalue weighted by Gasteiger charge is 2.12. The molecule has 1 aromatic carbocycles. The molecular formula is C12H15ClO3S. The summed E-state index contributed by atoms with van der Waals surface area (Å²) in [7, 11) is 1.64. The van der Waals surface area contributed by atoms with Crippen molar-refractivity contribution < 1.29 is 14.6 Å². The topological polar surface area (TPSA) is 46.5 Å². The fraction of sp³-hybridized carbons (Fsp3) is 0.417. The first-order chi connectivity index (χ1) is 8.06. The van der Waals surface area contributed by atoms with Crippen LogP contribution in [0.2, 0.25) is 5.02 Å². The van der Waals surface area contributed by atoms with Crippen LogP contribution >= 0.6 is 23.4 Å². The van der Waals surface area contributed by atoms with Gasteiger partial charge in [-0.3, -0.25) is 4.79 Å². The Morgan fingerprint density at radius 3 is 2.82 bits per heavy atom. The van der Waals surface area contributed by atoms with E-state index in [0.717, 1.165) is 5.75 Å². The summed E-state index contributed by atoms with van der Waals surface area (Å²) in [6, 6.07) is 3.17. The van der Waals surface area contributed by atoms with Crippen molar-refractivity contribution in [2.75, 3.05) is 19.5 Å². The first-order valence-corrected chi connectivity index (χ1v) is 6.68. The maximum Gasteiger partial charge on any atom is 0.163 e. The van der Waals surface area contributed by atoms with Crippen LogP contribution in [0.3, 0.4) is 0 Å². The van der Waals surface area contributed by atoms with Crippen molar-refractivity contribution >= 4 is 29.1 Å². The predicted octanol–water partition coefficient (Wildman–Crippen LogP) is 3.13. The van der Waals surface area contributed by atoms with E-state index in [1.54, 1.807) is 24.9 Å². The van der Waals surface area contributed by atoms with Gasteiger partial charge in [-0.05, 0) is 19.1 Å². The first kappa shape index (κ1) is 14.4. The van der Waals surface area contributed by atoms with Gasteiger partial charge in [0.2, 0.25) is 0 Å². The van der Waals surface area contributed by atoms with Crippen LogP contribution in [0.25, 0.3) is 0 Å². The largest absolute Gasteiger partial charge is 0.507 e. The van der Waals surface area contributed by atoms with E-state index in [9.17, 15) is 9.90 Å². The van der Waals surface area contributed by atoms with E-state index in [1.807, 2.05) is 0 Å². The van der Waals surface area contributed by atoms with Gasteiger partial charge in [0.1, 0.15) is 5.75 Å². The van der Waals surface area contributed by atoms with Gasteiger partial charge in [-0.25, -0.2) is 0 Å². The number of benzene rings is 1.